The summed E-state index contributed by atoms with van der Waals surface area (Å²) in [5.74, 6) is 0.594. The van der Waals surface area contributed by atoms with Crippen LogP contribution in [0.4, 0.5) is 4.79 Å². The van der Waals surface area contributed by atoms with E-state index in [1.165, 1.54) is 0 Å². The van der Waals surface area contributed by atoms with Gasteiger partial charge in [0.05, 0.1) is 0 Å². The number of nitrogens with zero attached hydrogens (tertiary/aromatic N) is 1. The molecule has 1 aromatic rings. The maximum Gasteiger partial charge on any atom is 0.315 e. The first-order valence-corrected chi connectivity index (χ1v) is 8.42. The Hall–Kier alpha value is -1.26. The Kier molecular flexibility index (Phi) is 6.52. The Balaban J connectivity index is 1.63. The van der Waals surface area contributed by atoms with E-state index in [1.54, 1.807) is 0 Å². The van der Waals surface area contributed by atoms with Crippen molar-refractivity contribution in [3.8, 4) is 0 Å². The second kappa shape index (κ2) is 8.39. The van der Waals surface area contributed by atoms with Gasteiger partial charge in [-0.3, -0.25) is 0 Å². The van der Waals surface area contributed by atoms with Gasteiger partial charge in [0.2, 0.25) is 0 Å². The zero-order valence-corrected chi connectivity index (χ0v) is 14.2. The van der Waals surface area contributed by atoms with Gasteiger partial charge < -0.3 is 15.5 Å². The Morgan fingerprint density at radius 1 is 1.23 bits per heavy atom. The minimum Gasteiger partial charge on any atom is -0.338 e. The second-order valence-corrected chi connectivity index (χ2v) is 6.70. The van der Waals surface area contributed by atoms with Gasteiger partial charge in [0.25, 0.3) is 0 Å². The first-order valence-electron chi connectivity index (χ1n) is 8.05. The van der Waals surface area contributed by atoms with Crippen molar-refractivity contribution in [2.75, 3.05) is 19.6 Å². The zero-order valence-electron chi connectivity index (χ0n) is 13.4. The number of carbonyl (C=O) groups excluding carboxylic acids is 1. The Morgan fingerprint density at radius 2 is 1.86 bits per heavy atom. The van der Waals surface area contributed by atoms with Crippen LogP contribution in [0.1, 0.15) is 32.3 Å². The summed E-state index contributed by atoms with van der Waals surface area (Å²) in [6.07, 6.45) is 2.32. The molecule has 2 rings (SSSR count). The predicted octanol–water partition coefficient (Wildman–Crippen LogP) is 3.26. The Bertz CT molecular complexity index is 467. The molecule has 5 heteroatoms. The number of amides is 2. The molecular formula is C17H26ClN3O. The van der Waals surface area contributed by atoms with Crippen LogP contribution in [0.2, 0.25) is 5.02 Å². The van der Waals surface area contributed by atoms with Crippen molar-refractivity contribution in [3.63, 3.8) is 0 Å². The van der Waals surface area contributed by atoms with Crippen LogP contribution in [0, 0.1) is 5.92 Å². The van der Waals surface area contributed by atoms with Gasteiger partial charge in [-0.15, -0.1) is 0 Å². The van der Waals surface area contributed by atoms with Gasteiger partial charge in [0.15, 0.2) is 0 Å². The number of piperidine rings is 1. The number of halogens is 1. The van der Waals surface area contributed by atoms with Crippen LogP contribution in [0.15, 0.2) is 24.3 Å². The largest absolute Gasteiger partial charge is 0.338 e. The molecule has 1 aliphatic heterocycles. The van der Waals surface area contributed by atoms with E-state index in [-0.39, 0.29) is 6.03 Å². The molecule has 0 aromatic heterocycles. The smallest absolute Gasteiger partial charge is 0.315 e. The molecule has 2 amide bonds. The van der Waals surface area contributed by atoms with E-state index in [9.17, 15) is 4.79 Å². The molecule has 0 atom stereocenters. The fourth-order valence-electron chi connectivity index (χ4n) is 2.76. The third-order valence-corrected chi connectivity index (χ3v) is 4.55. The van der Waals surface area contributed by atoms with Crippen LogP contribution in [-0.2, 0) is 6.54 Å². The van der Waals surface area contributed by atoms with Crippen molar-refractivity contribution in [1.82, 2.24) is 15.5 Å². The van der Waals surface area contributed by atoms with Crippen LogP contribution in [0.25, 0.3) is 0 Å². The van der Waals surface area contributed by atoms with Gasteiger partial charge >= 0.3 is 6.03 Å². The minimum atomic E-state index is -0.0961. The molecule has 0 aliphatic carbocycles. The highest BCUT2D eigenvalue weighted by atomic mass is 35.5. The van der Waals surface area contributed by atoms with Crippen LogP contribution in [0.3, 0.4) is 0 Å². The fraction of sp³-hybridized carbons (Fsp3) is 0.588. The number of nitrogens with one attached hydrogen (secondary N) is 2. The summed E-state index contributed by atoms with van der Waals surface area (Å²) >= 11 is 5.84. The third kappa shape index (κ3) is 5.50. The highest BCUT2D eigenvalue weighted by Gasteiger charge is 2.20. The molecule has 122 valence electrons. The topological polar surface area (TPSA) is 44.4 Å². The quantitative estimate of drug-likeness (QED) is 0.873. The Labute approximate surface area is 138 Å². The van der Waals surface area contributed by atoms with Gasteiger partial charge in [-0.25, -0.2) is 4.79 Å². The lowest BCUT2D eigenvalue weighted by Crippen LogP contribution is -2.43. The molecule has 1 aliphatic rings. The molecule has 1 aromatic carbocycles. The lowest BCUT2D eigenvalue weighted by Gasteiger charge is -2.34. The molecular weight excluding hydrogens is 298 g/mol. The molecule has 4 nitrogen and oxygen atoms in total. The first-order chi connectivity index (χ1) is 10.5. The van der Waals surface area contributed by atoms with E-state index < -0.39 is 0 Å². The highest BCUT2D eigenvalue weighted by Crippen LogP contribution is 2.18. The summed E-state index contributed by atoms with van der Waals surface area (Å²) < 4.78 is 0. The average molecular weight is 324 g/mol. The van der Waals surface area contributed by atoms with Crippen molar-refractivity contribution >= 4 is 17.6 Å². The zero-order chi connectivity index (χ0) is 15.9. The normalized spacial score (nSPS) is 16.7. The van der Waals surface area contributed by atoms with E-state index >= 15 is 0 Å². The van der Waals surface area contributed by atoms with Crippen molar-refractivity contribution in [2.45, 2.75) is 39.3 Å². The van der Waals surface area contributed by atoms with E-state index in [2.05, 4.69) is 29.4 Å². The van der Waals surface area contributed by atoms with E-state index in [4.69, 9.17) is 11.6 Å². The molecule has 0 unspecified atom stereocenters. The van der Waals surface area contributed by atoms with Crippen molar-refractivity contribution in [3.05, 3.63) is 34.9 Å². The standard InChI is InChI=1S/C17H26ClN3O/c1-13(2)21-9-7-15(8-10-21)12-20-17(22)19-11-14-3-5-16(18)6-4-14/h3-6,13,15H,7-12H2,1-2H3,(H2,19,20,22). The summed E-state index contributed by atoms with van der Waals surface area (Å²) in [5, 5.41) is 6.57. The van der Waals surface area contributed by atoms with Crippen molar-refractivity contribution in [1.29, 1.82) is 0 Å². The summed E-state index contributed by atoms with van der Waals surface area (Å²) in [7, 11) is 0. The maximum absolute atomic E-state index is 11.8. The molecule has 0 bridgehead atoms. The van der Waals surface area contributed by atoms with Crippen LogP contribution in [-0.4, -0.2) is 36.6 Å². The predicted molar refractivity (Wildman–Crippen MR) is 91.1 cm³/mol. The molecule has 1 fully saturated rings. The number of rotatable bonds is 5. The molecule has 1 heterocycles. The first kappa shape index (κ1) is 17.1. The van der Waals surface area contributed by atoms with E-state index in [1.807, 2.05) is 24.3 Å². The summed E-state index contributed by atoms with van der Waals surface area (Å²) in [6.45, 7) is 8.03. The summed E-state index contributed by atoms with van der Waals surface area (Å²) in [4.78, 5) is 14.3. The lowest BCUT2D eigenvalue weighted by atomic mass is 9.96. The van der Waals surface area contributed by atoms with Crippen LogP contribution < -0.4 is 10.6 Å². The highest BCUT2D eigenvalue weighted by molar-refractivity contribution is 6.30. The molecule has 1 saturated heterocycles. The average Bonchev–Trinajstić information content (AvgIpc) is 2.52. The maximum atomic E-state index is 11.8. The van der Waals surface area contributed by atoms with Crippen molar-refractivity contribution in [2.24, 2.45) is 5.92 Å². The molecule has 2 N–H and O–H groups in total. The van der Waals surface area contributed by atoms with Crippen LogP contribution >= 0.6 is 11.6 Å². The summed E-state index contributed by atoms with van der Waals surface area (Å²) in [5.41, 5.74) is 1.05. The van der Waals surface area contributed by atoms with Gasteiger partial charge in [-0.05, 0) is 63.4 Å². The molecule has 0 saturated carbocycles. The SMILES string of the molecule is CC(C)N1CCC(CNC(=O)NCc2ccc(Cl)cc2)CC1. The molecule has 0 radical (unpaired) electrons. The summed E-state index contributed by atoms with van der Waals surface area (Å²) in [6, 6.07) is 8.03. The van der Waals surface area contributed by atoms with Gasteiger partial charge in [0.1, 0.15) is 0 Å². The van der Waals surface area contributed by atoms with E-state index in [0.717, 1.165) is 38.0 Å². The van der Waals surface area contributed by atoms with Gasteiger partial charge in [-0.2, -0.15) is 0 Å². The molecule has 22 heavy (non-hydrogen) atoms. The van der Waals surface area contributed by atoms with Gasteiger partial charge in [0, 0.05) is 24.2 Å². The monoisotopic (exact) mass is 323 g/mol. The van der Waals surface area contributed by atoms with Crippen molar-refractivity contribution < 1.29 is 4.79 Å². The number of likely N-dealkylation sites (tertiary alicyclic amines) is 1. The number of hydrogen-bond acceptors (Lipinski definition) is 2. The lowest BCUT2D eigenvalue weighted by molar-refractivity contribution is 0.148. The van der Waals surface area contributed by atoms with Crippen LogP contribution in [0.5, 0.6) is 0 Å². The second-order valence-electron chi connectivity index (χ2n) is 6.26. The third-order valence-electron chi connectivity index (χ3n) is 4.30. The van der Waals surface area contributed by atoms with E-state index in [0.29, 0.717) is 23.5 Å². The number of urea groups is 1. The fourth-order valence-corrected chi connectivity index (χ4v) is 2.88. The number of benzene rings is 1. The molecule has 0 spiro atoms. The minimum absolute atomic E-state index is 0.0961. The van der Waals surface area contributed by atoms with Gasteiger partial charge in [-0.1, -0.05) is 23.7 Å². The Morgan fingerprint density at radius 3 is 2.45 bits per heavy atom. The number of hydrogen-bond donors (Lipinski definition) is 2. The number of carbonyl (C=O) groups is 1.